The van der Waals surface area contributed by atoms with E-state index in [0.29, 0.717) is 12.0 Å². The lowest BCUT2D eigenvalue weighted by Gasteiger charge is -2.22. The summed E-state index contributed by atoms with van der Waals surface area (Å²) in [4.78, 5) is 4.27. The summed E-state index contributed by atoms with van der Waals surface area (Å²) in [7, 11) is 0. The number of nitrogens with one attached hydrogen (secondary N) is 1. The molecule has 84 valence electrons. The van der Waals surface area contributed by atoms with Crippen LogP contribution in [-0.4, -0.2) is 4.98 Å². The van der Waals surface area contributed by atoms with E-state index in [1.807, 2.05) is 17.6 Å². The smallest absolute Gasteiger partial charge is 0.183 e. The lowest BCUT2D eigenvalue weighted by Crippen LogP contribution is -2.16. The number of hydrogen-bond donors (Lipinski definition) is 1. The van der Waals surface area contributed by atoms with Gasteiger partial charge in [-0.2, -0.15) is 0 Å². The number of hydrogen-bond acceptors (Lipinski definition) is 3. The normalized spacial score (nSPS) is 12.7. The highest BCUT2D eigenvalue weighted by molar-refractivity contribution is 7.13. The standard InChI is InChI=1S/C13H16N2S/c1-10(2)12(11-6-4-3-5-7-11)15-13-14-8-9-16-13/h3-10,12H,1-2H3,(H,14,15). The third-order valence-electron chi connectivity index (χ3n) is 2.54. The molecule has 1 atom stereocenters. The van der Waals surface area contributed by atoms with Gasteiger partial charge < -0.3 is 5.32 Å². The van der Waals surface area contributed by atoms with Crippen LogP contribution in [0.1, 0.15) is 25.5 Å². The quantitative estimate of drug-likeness (QED) is 0.863. The van der Waals surface area contributed by atoms with Gasteiger partial charge in [0, 0.05) is 11.6 Å². The van der Waals surface area contributed by atoms with Gasteiger partial charge in [0.05, 0.1) is 6.04 Å². The molecule has 1 aromatic heterocycles. The van der Waals surface area contributed by atoms with Crippen molar-refractivity contribution in [3.8, 4) is 0 Å². The molecular weight excluding hydrogens is 216 g/mol. The molecule has 16 heavy (non-hydrogen) atoms. The van der Waals surface area contributed by atoms with Crippen LogP contribution in [0.5, 0.6) is 0 Å². The van der Waals surface area contributed by atoms with E-state index in [2.05, 4.69) is 48.4 Å². The molecule has 0 bridgehead atoms. The number of aromatic nitrogens is 1. The van der Waals surface area contributed by atoms with Gasteiger partial charge in [0.1, 0.15) is 0 Å². The lowest BCUT2D eigenvalue weighted by atomic mass is 9.96. The predicted octanol–water partition coefficient (Wildman–Crippen LogP) is 3.95. The number of nitrogens with zero attached hydrogens (tertiary/aromatic N) is 1. The molecule has 0 amide bonds. The molecule has 0 aliphatic carbocycles. The first kappa shape index (κ1) is 11.1. The van der Waals surface area contributed by atoms with Gasteiger partial charge in [-0.15, -0.1) is 11.3 Å². The van der Waals surface area contributed by atoms with E-state index >= 15 is 0 Å². The van der Waals surface area contributed by atoms with Gasteiger partial charge in [-0.05, 0) is 11.5 Å². The average molecular weight is 232 g/mol. The molecule has 3 heteroatoms. The first-order valence-electron chi connectivity index (χ1n) is 5.48. The van der Waals surface area contributed by atoms with Crippen LogP contribution in [0.15, 0.2) is 41.9 Å². The molecule has 2 aromatic rings. The molecule has 0 spiro atoms. The van der Waals surface area contributed by atoms with E-state index in [4.69, 9.17) is 0 Å². The SMILES string of the molecule is CC(C)C(Nc1nccs1)c1ccccc1. The third kappa shape index (κ3) is 2.61. The van der Waals surface area contributed by atoms with Crippen LogP contribution in [0.4, 0.5) is 5.13 Å². The van der Waals surface area contributed by atoms with Crippen LogP contribution in [0, 0.1) is 5.92 Å². The Hall–Kier alpha value is -1.35. The fraction of sp³-hybridized carbons (Fsp3) is 0.308. The van der Waals surface area contributed by atoms with Crippen LogP contribution >= 0.6 is 11.3 Å². The number of thiazole rings is 1. The molecule has 2 rings (SSSR count). The maximum Gasteiger partial charge on any atom is 0.183 e. The maximum absolute atomic E-state index is 4.27. The fourth-order valence-corrected chi connectivity index (χ4v) is 2.29. The minimum Gasteiger partial charge on any atom is -0.354 e. The summed E-state index contributed by atoms with van der Waals surface area (Å²) in [6.45, 7) is 4.44. The van der Waals surface area contributed by atoms with Gasteiger partial charge in [-0.25, -0.2) is 4.98 Å². The van der Waals surface area contributed by atoms with E-state index < -0.39 is 0 Å². The fourth-order valence-electron chi connectivity index (χ4n) is 1.72. The van der Waals surface area contributed by atoms with Crippen molar-refractivity contribution < 1.29 is 0 Å². The Kier molecular flexibility index (Phi) is 3.57. The predicted molar refractivity (Wildman–Crippen MR) is 69.8 cm³/mol. The van der Waals surface area contributed by atoms with Crippen LogP contribution in [0.3, 0.4) is 0 Å². The van der Waals surface area contributed by atoms with E-state index in [1.165, 1.54) is 5.56 Å². The summed E-state index contributed by atoms with van der Waals surface area (Å²) in [5.41, 5.74) is 1.31. The molecule has 0 saturated heterocycles. The van der Waals surface area contributed by atoms with Crippen molar-refractivity contribution in [3.63, 3.8) is 0 Å². The largest absolute Gasteiger partial charge is 0.354 e. The van der Waals surface area contributed by atoms with Crippen molar-refractivity contribution in [1.29, 1.82) is 0 Å². The van der Waals surface area contributed by atoms with E-state index in [-0.39, 0.29) is 0 Å². The second-order valence-corrected chi connectivity index (χ2v) is 5.01. The highest BCUT2D eigenvalue weighted by Gasteiger charge is 2.15. The van der Waals surface area contributed by atoms with Gasteiger partial charge in [0.25, 0.3) is 0 Å². The van der Waals surface area contributed by atoms with Crippen molar-refractivity contribution >= 4 is 16.5 Å². The monoisotopic (exact) mass is 232 g/mol. The summed E-state index contributed by atoms with van der Waals surface area (Å²) >= 11 is 1.64. The van der Waals surface area contributed by atoms with Gasteiger partial charge in [0.15, 0.2) is 5.13 Å². The first-order valence-corrected chi connectivity index (χ1v) is 6.36. The minimum absolute atomic E-state index is 0.326. The summed E-state index contributed by atoms with van der Waals surface area (Å²) < 4.78 is 0. The molecule has 0 aliphatic heterocycles. The molecule has 1 aromatic carbocycles. The Balaban J connectivity index is 2.18. The van der Waals surface area contributed by atoms with Crippen molar-refractivity contribution in [2.45, 2.75) is 19.9 Å². The molecular formula is C13H16N2S. The van der Waals surface area contributed by atoms with Crippen molar-refractivity contribution in [1.82, 2.24) is 4.98 Å². The Morgan fingerprint density at radius 3 is 2.50 bits per heavy atom. The van der Waals surface area contributed by atoms with E-state index in [9.17, 15) is 0 Å². The molecule has 1 unspecified atom stereocenters. The van der Waals surface area contributed by atoms with Crippen LogP contribution in [-0.2, 0) is 0 Å². The Bertz CT molecular complexity index is 409. The second kappa shape index (κ2) is 5.12. The molecule has 0 radical (unpaired) electrons. The van der Waals surface area contributed by atoms with E-state index in [0.717, 1.165) is 5.13 Å². The van der Waals surface area contributed by atoms with Gasteiger partial charge in [-0.1, -0.05) is 44.2 Å². The number of rotatable bonds is 4. The summed E-state index contributed by atoms with van der Waals surface area (Å²) in [5, 5.41) is 6.46. The number of anilines is 1. The Morgan fingerprint density at radius 2 is 1.94 bits per heavy atom. The zero-order valence-electron chi connectivity index (χ0n) is 9.55. The molecule has 2 nitrogen and oxygen atoms in total. The van der Waals surface area contributed by atoms with Crippen LogP contribution in [0.25, 0.3) is 0 Å². The third-order valence-corrected chi connectivity index (χ3v) is 3.24. The Morgan fingerprint density at radius 1 is 1.19 bits per heavy atom. The van der Waals surface area contributed by atoms with Gasteiger partial charge in [0.2, 0.25) is 0 Å². The van der Waals surface area contributed by atoms with Gasteiger partial charge >= 0.3 is 0 Å². The van der Waals surface area contributed by atoms with Crippen molar-refractivity contribution in [2.75, 3.05) is 5.32 Å². The second-order valence-electron chi connectivity index (χ2n) is 4.11. The highest BCUT2D eigenvalue weighted by Crippen LogP contribution is 2.27. The zero-order valence-corrected chi connectivity index (χ0v) is 10.4. The first-order chi connectivity index (χ1) is 7.77. The minimum atomic E-state index is 0.326. The molecule has 0 fully saturated rings. The maximum atomic E-state index is 4.27. The molecule has 0 saturated carbocycles. The molecule has 1 heterocycles. The number of benzene rings is 1. The summed E-state index contributed by atoms with van der Waals surface area (Å²) in [6.07, 6.45) is 1.83. The zero-order chi connectivity index (χ0) is 11.4. The van der Waals surface area contributed by atoms with Crippen LogP contribution in [0.2, 0.25) is 0 Å². The Labute approximate surface area is 100 Å². The lowest BCUT2D eigenvalue weighted by molar-refractivity contribution is 0.546. The highest BCUT2D eigenvalue weighted by atomic mass is 32.1. The van der Waals surface area contributed by atoms with E-state index in [1.54, 1.807) is 11.3 Å². The summed E-state index contributed by atoms with van der Waals surface area (Å²) in [6, 6.07) is 10.8. The van der Waals surface area contributed by atoms with Crippen molar-refractivity contribution in [2.24, 2.45) is 5.92 Å². The van der Waals surface area contributed by atoms with Crippen molar-refractivity contribution in [3.05, 3.63) is 47.5 Å². The average Bonchev–Trinajstić information content (AvgIpc) is 2.79. The van der Waals surface area contributed by atoms with Crippen LogP contribution < -0.4 is 5.32 Å². The molecule has 0 aliphatic rings. The van der Waals surface area contributed by atoms with Gasteiger partial charge in [-0.3, -0.25) is 0 Å². The topological polar surface area (TPSA) is 24.9 Å². The summed E-state index contributed by atoms with van der Waals surface area (Å²) in [5.74, 6) is 0.534. The molecule has 1 N–H and O–H groups in total.